The molecule has 0 fully saturated rings. The number of methoxy groups -OCH3 is 1. The van der Waals surface area contributed by atoms with E-state index in [1.807, 2.05) is 24.3 Å². The summed E-state index contributed by atoms with van der Waals surface area (Å²) in [6.45, 7) is 0. The van der Waals surface area contributed by atoms with Crippen LogP contribution in [0.1, 0.15) is 0 Å². The third kappa shape index (κ3) is 4.52. The van der Waals surface area contributed by atoms with E-state index in [1.54, 1.807) is 36.4 Å². The fraction of sp³-hybridized carbons (Fsp3) is 0.0526. The fourth-order valence-corrected chi connectivity index (χ4v) is 4.40. The van der Waals surface area contributed by atoms with Gasteiger partial charge in [0.1, 0.15) is 5.75 Å². The highest BCUT2D eigenvalue weighted by atomic mass is 35.5. The van der Waals surface area contributed by atoms with Crippen molar-refractivity contribution in [2.24, 2.45) is 0 Å². The number of benzene rings is 3. The van der Waals surface area contributed by atoms with Crippen molar-refractivity contribution in [2.75, 3.05) is 11.8 Å². The second-order valence-corrected chi connectivity index (χ2v) is 8.57. The van der Waals surface area contributed by atoms with Gasteiger partial charge in [-0.15, -0.1) is 0 Å². The molecule has 1 N–H and O–H groups in total. The first-order chi connectivity index (χ1) is 12.5. The molecule has 0 heterocycles. The van der Waals surface area contributed by atoms with Gasteiger partial charge in [-0.1, -0.05) is 35.5 Å². The maximum Gasteiger partial charge on any atom is 0.261 e. The first-order valence-corrected chi connectivity index (χ1v) is 10.3. The Balaban J connectivity index is 1.86. The van der Waals surface area contributed by atoms with E-state index in [0.717, 1.165) is 9.79 Å². The van der Waals surface area contributed by atoms with Gasteiger partial charge in [-0.05, 0) is 60.7 Å². The van der Waals surface area contributed by atoms with Crippen LogP contribution in [0.3, 0.4) is 0 Å². The van der Waals surface area contributed by atoms with E-state index in [1.165, 1.54) is 31.0 Å². The summed E-state index contributed by atoms with van der Waals surface area (Å²) < 4.78 is 33.1. The minimum absolute atomic E-state index is 0.171. The average molecular weight is 406 g/mol. The molecule has 134 valence electrons. The third-order valence-electron chi connectivity index (χ3n) is 3.54. The predicted molar refractivity (Wildman–Crippen MR) is 106 cm³/mol. The standard InChI is InChI=1S/C19H16ClNO3S2/c1-24-15-8-12-17(13-9-15)26(22,23)21-18-4-2-3-5-19(18)25-16-10-6-14(20)7-11-16/h2-13,21H,1H3. The van der Waals surface area contributed by atoms with Crippen molar-refractivity contribution in [3.63, 3.8) is 0 Å². The van der Waals surface area contributed by atoms with Crippen LogP contribution in [0.5, 0.6) is 5.75 Å². The van der Waals surface area contributed by atoms with Gasteiger partial charge in [0, 0.05) is 14.8 Å². The molecule has 0 atom stereocenters. The highest BCUT2D eigenvalue weighted by Crippen LogP contribution is 2.35. The molecule has 0 aliphatic rings. The van der Waals surface area contributed by atoms with Crippen LogP contribution in [0.2, 0.25) is 5.02 Å². The summed E-state index contributed by atoms with van der Waals surface area (Å²) in [5.74, 6) is 0.600. The Hall–Kier alpha value is -2.15. The first-order valence-electron chi connectivity index (χ1n) is 7.67. The molecule has 0 bridgehead atoms. The molecular weight excluding hydrogens is 390 g/mol. The highest BCUT2D eigenvalue weighted by molar-refractivity contribution is 7.99. The second-order valence-electron chi connectivity index (χ2n) is 5.33. The number of halogens is 1. The minimum Gasteiger partial charge on any atom is -0.497 e. The first kappa shape index (κ1) is 18.6. The van der Waals surface area contributed by atoms with Gasteiger partial charge in [-0.25, -0.2) is 8.42 Å². The summed E-state index contributed by atoms with van der Waals surface area (Å²) in [4.78, 5) is 1.93. The SMILES string of the molecule is COc1ccc(S(=O)(=O)Nc2ccccc2Sc2ccc(Cl)cc2)cc1. The number of nitrogens with one attached hydrogen (secondary N) is 1. The second kappa shape index (κ2) is 8.03. The highest BCUT2D eigenvalue weighted by Gasteiger charge is 2.16. The van der Waals surface area contributed by atoms with Crippen molar-refractivity contribution < 1.29 is 13.2 Å². The van der Waals surface area contributed by atoms with E-state index in [4.69, 9.17) is 16.3 Å². The van der Waals surface area contributed by atoms with Gasteiger partial charge in [0.05, 0.1) is 17.7 Å². The van der Waals surface area contributed by atoms with Crippen LogP contribution in [0.15, 0.2) is 87.5 Å². The molecule has 3 aromatic rings. The van der Waals surface area contributed by atoms with Crippen molar-refractivity contribution in [3.05, 3.63) is 77.8 Å². The van der Waals surface area contributed by atoms with Crippen molar-refractivity contribution in [1.82, 2.24) is 0 Å². The van der Waals surface area contributed by atoms with E-state index in [9.17, 15) is 8.42 Å². The summed E-state index contributed by atoms with van der Waals surface area (Å²) in [6.07, 6.45) is 0. The quantitative estimate of drug-likeness (QED) is 0.604. The molecule has 26 heavy (non-hydrogen) atoms. The number of anilines is 1. The molecule has 0 aromatic heterocycles. The molecule has 0 aliphatic carbocycles. The fourth-order valence-electron chi connectivity index (χ4n) is 2.23. The molecular formula is C19H16ClNO3S2. The number of rotatable bonds is 6. The Morgan fingerprint density at radius 1 is 0.923 bits per heavy atom. The Morgan fingerprint density at radius 2 is 1.58 bits per heavy atom. The Bertz CT molecular complexity index is 988. The molecule has 0 unspecified atom stereocenters. The monoisotopic (exact) mass is 405 g/mol. The maximum atomic E-state index is 12.7. The van der Waals surface area contributed by atoms with Gasteiger partial charge < -0.3 is 4.74 Å². The molecule has 7 heteroatoms. The van der Waals surface area contributed by atoms with E-state index in [2.05, 4.69) is 4.72 Å². The lowest BCUT2D eigenvalue weighted by Gasteiger charge is -2.12. The van der Waals surface area contributed by atoms with Crippen molar-refractivity contribution in [3.8, 4) is 5.75 Å². The molecule has 3 aromatic carbocycles. The van der Waals surface area contributed by atoms with Crippen molar-refractivity contribution >= 4 is 39.1 Å². The number of ether oxygens (including phenoxy) is 1. The van der Waals surface area contributed by atoms with Crippen LogP contribution >= 0.6 is 23.4 Å². The minimum atomic E-state index is -3.70. The lowest BCUT2D eigenvalue weighted by atomic mass is 10.3. The normalized spacial score (nSPS) is 11.2. The van der Waals surface area contributed by atoms with E-state index in [-0.39, 0.29) is 4.90 Å². The molecule has 0 radical (unpaired) electrons. The number of para-hydroxylation sites is 1. The van der Waals surface area contributed by atoms with Gasteiger partial charge in [-0.2, -0.15) is 0 Å². The zero-order valence-electron chi connectivity index (χ0n) is 13.8. The van der Waals surface area contributed by atoms with Gasteiger partial charge in [0.25, 0.3) is 10.0 Å². The largest absolute Gasteiger partial charge is 0.497 e. The molecule has 0 spiro atoms. The van der Waals surface area contributed by atoms with Crippen molar-refractivity contribution in [2.45, 2.75) is 14.7 Å². The van der Waals surface area contributed by atoms with E-state index < -0.39 is 10.0 Å². The molecule has 0 aliphatic heterocycles. The zero-order chi connectivity index (χ0) is 18.6. The summed E-state index contributed by atoms with van der Waals surface area (Å²) in [5, 5.41) is 0.655. The summed E-state index contributed by atoms with van der Waals surface area (Å²) in [6, 6.07) is 20.9. The Morgan fingerprint density at radius 3 is 2.23 bits per heavy atom. The smallest absolute Gasteiger partial charge is 0.261 e. The van der Waals surface area contributed by atoms with Crippen molar-refractivity contribution in [1.29, 1.82) is 0 Å². The van der Waals surface area contributed by atoms with Crippen LogP contribution in [-0.2, 0) is 10.0 Å². The van der Waals surface area contributed by atoms with Gasteiger partial charge in [0.15, 0.2) is 0 Å². The molecule has 3 rings (SSSR count). The lowest BCUT2D eigenvalue weighted by molar-refractivity contribution is 0.414. The topological polar surface area (TPSA) is 55.4 Å². The molecule has 0 saturated carbocycles. The summed E-state index contributed by atoms with van der Waals surface area (Å²) >= 11 is 7.37. The average Bonchev–Trinajstić information content (AvgIpc) is 2.65. The lowest BCUT2D eigenvalue weighted by Crippen LogP contribution is -2.13. The Kier molecular flexibility index (Phi) is 5.76. The number of hydrogen-bond donors (Lipinski definition) is 1. The van der Waals surface area contributed by atoms with Gasteiger partial charge in [0.2, 0.25) is 0 Å². The van der Waals surface area contributed by atoms with Crippen LogP contribution in [0.25, 0.3) is 0 Å². The van der Waals surface area contributed by atoms with Gasteiger partial charge >= 0.3 is 0 Å². The Labute approximate surface area is 162 Å². The van der Waals surface area contributed by atoms with Crippen LogP contribution < -0.4 is 9.46 Å². The van der Waals surface area contributed by atoms with E-state index >= 15 is 0 Å². The summed E-state index contributed by atoms with van der Waals surface area (Å²) in [5.41, 5.74) is 0.517. The van der Waals surface area contributed by atoms with E-state index in [0.29, 0.717) is 16.5 Å². The maximum absolute atomic E-state index is 12.7. The van der Waals surface area contributed by atoms with Crippen LogP contribution in [0.4, 0.5) is 5.69 Å². The predicted octanol–water partition coefficient (Wildman–Crippen LogP) is 5.30. The van der Waals surface area contributed by atoms with Crippen LogP contribution in [0, 0.1) is 0 Å². The molecule has 4 nitrogen and oxygen atoms in total. The number of hydrogen-bond acceptors (Lipinski definition) is 4. The zero-order valence-corrected chi connectivity index (χ0v) is 16.2. The molecule has 0 amide bonds. The number of sulfonamides is 1. The summed E-state index contributed by atoms with van der Waals surface area (Å²) in [7, 11) is -2.17. The van der Waals surface area contributed by atoms with Gasteiger partial charge in [-0.3, -0.25) is 4.72 Å². The molecule has 0 saturated heterocycles. The van der Waals surface area contributed by atoms with Crippen LogP contribution in [-0.4, -0.2) is 15.5 Å². The third-order valence-corrected chi connectivity index (χ3v) is 6.26.